The van der Waals surface area contributed by atoms with Gasteiger partial charge in [0.25, 0.3) is 0 Å². The largest absolute Gasteiger partial charge is 0.358 e. The average Bonchev–Trinajstić information content (AvgIpc) is 2.43. The number of hydrogen-bond donors (Lipinski definition) is 2. The third kappa shape index (κ3) is 6.76. The van der Waals surface area contributed by atoms with E-state index in [0.717, 1.165) is 19.4 Å². The van der Waals surface area contributed by atoms with Gasteiger partial charge < -0.3 is 10.6 Å². The number of rotatable bonds is 8. The summed E-state index contributed by atoms with van der Waals surface area (Å²) < 4.78 is 0. The maximum absolute atomic E-state index is 11.9. The summed E-state index contributed by atoms with van der Waals surface area (Å²) in [5.74, 6) is 1.24. The third-order valence-electron chi connectivity index (χ3n) is 3.49. The number of hydrogen-bond acceptors (Lipinski definition) is 2. The van der Waals surface area contributed by atoms with Gasteiger partial charge in [-0.2, -0.15) is 0 Å². The number of carbonyl (C=O) groups excluding carboxylic acids is 1. The van der Waals surface area contributed by atoms with Crippen LogP contribution in [0.5, 0.6) is 0 Å². The monoisotopic (exact) mass is 290 g/mol. The molecule has 0 bridgehead atoms. The quantitative estimate of drug-likeness (QED) is 0.772. The van der Waals surface area contributed by atoms with Crippen molar-refractivity contribution >= 4 is 5.91 Å². The molecule has 0 aromatic heterocycles. The van der Waals surface area contributed by atoms with Gasteiger partial charge in [-0.3, -0.25) is 4.79 Å². The highest BCUT2D eigenvalue weighted by atomic mass is 16.2. The van der Waals surface area contributed by atoms with E-state index in [1.54, 1.807) is 7.05 Å². The van der Waals surface area contributed by atoms with E-state index in [9.17, 15) is 4.79 Å². The number of nitrogens with one attached hydrogen (secondary N) is 2. The predicted molar refractivity (Wildman–Crippen MR) is 89.1 cm³/mol. The lowest BCUT2D eigenvalue weighted by Crippen LogP contribution is -2.43. The van der Waals surface area contributed by atoms with Crippen LogP contribution in [0.3, 0.4) is 0 Å². The fourth-order valence-corrected chi connectivity index (χ4v) is 2.43. The zero-order chi connectivity index (χ0) is 15.8. The van der Waals surface area contributed by atoms with E-state index in [2.05, 4.69) is 62.6 Å². The number of likely N-dealkylation sites (N-methyl/N-ethyl adjacent to an activating group) is 1. The Morgan fingerprint density at radius 3 is 2.05 bits per heavy atom. The van der Waals surface area contributed by atoms with Gasteiger partial charge in [0, 0.05) is 13.6 Å². The van der Waals surface area contributed by atoms with Crippen molar-refractivity contribution in [3.05, 3.63) is 35.4 Å². The molecular weight excluding hydrogens is 260 g/mol. The Morgan fingerprint density at radius 1 is 1.00 bits per heavy atom. The van der Waals surface area contributed by atoms with Gasteiger partial charge in [-0.1, -0.05) is 52.0 Å². The van der Waals surface area contributed by atoms with Crippen LogP contribution < -0.4 is 10.6 Å². The van der Waals surface area contributed by atoms with Gasteiger partial charge in [0.05, 0.1) is 6.04 Å². The molecule has 0 aliphatic carbocycles. The second-order valence-corrected chi connectivity index (χ2v) is 6.59. The van der Waals surface area contributed by atoms with Crippen molar-refractivity contribution in [2.45, 2.75) is 53.1 Å². The SMILES string of the molecule is CNC(=O)C(CC(C)C)NCc1ccc(CC(C)C)cc1. The van der Waals surface area contributed by atoms with Gasteiger partial charge in [-0.25, -0.2) is 0 Å². The Hall–Kier alpha value is -1.35. The molecule has 1 atom stereocenters. The molecule has 1 amide bonds. The van der Waals surface area contributed by atoms with Crippen molar-refractivity contribution < 1.29 is 4.79 Å². The molecule has 0 radical (unpaired) electrons. The zero-order valence-electron chi connectivity index (χ0n) is 14.1. The minimum absolute atomic E-state index is 0.0696. The van der Waals surface area contributed by atoms with Crippen LogP contribution in [-0.2, 0) is 17.8 Å². The van der Waals surface area contributed by atoms with Crippen LogP contribution in [0.2, 0.25) is 0 Å². The Morgan fingerprint density at radius 2 is 1.57 bits per heavy atom. The molecular formula is C18H30N2O. The van der Waals surface area contributed by atoms with E-state index in [4.69, 9.17) is 0 Å². The summed E-state index contributed by atoms with van der Waals surface area (Å²) in [6.07, 6.45) is 1.97. The van der Waals surface area contributed by atoms with Crippen molar-refractivity contribution in [1.29, 1.82) is 0 Å². The summed E-state index contributed by atoms with van der Waals surface area (Å²) in [4.78, 5) is 11.9. The van der Waals surface area contributed by atoms with Crippen molar-refractivity contribution in [2.24, 2.45) is 11.8 Å². The normalized spacial score (nSPS) is 12.7. The van der Waals surface area contributed by atoms with E-state index < -0.39 is 0 Å². The van der Waals surface area contributed by atoms with Gasteiger partial charge in [-0.05, 0) is 35.8 Å². The highest BCUT2D eigenvalue weighted by molar-refractivity contribution is 5.81. The number of carbonyl (C=O) groups is 1. The van der Waals surface area contributed by atoms with Crippen molar-refractivity contribution in [1.82, 2.24) is 10.6 Å². The molecule has 21 heavy (non-hydrogen) atoms. The first-order valence-electron chi connectivity index (χ1n) is 7.95. The molecule has 1 rings (SSSR count). The molecule has 0 aliphatic heterocycles. The molecule has 0 saturated carbocycles. The average molecular weight is 290 g/mol. The van der Waals surface area contributed by atoms with Crippen LogP contribution in [0.1, 0.15) is 45.2 Å². The molecule has 0 saturated heterocycles. The fourth-order valence-electron chi connectivity index (χ4n) is 2.43. The Labute approximate surface area is 129 Å². The van der Waals surface area contributed by atoms with Crippen LogP contribution in [0.15, 0.2) is 24.3 Å². The van der Waals surface area contributed by atoms with E-state index in [1.807, 2.05) is 0 Å². The summed E-state index contributed by atoms with van der Waals surface area (Å²) in [7, 11) is 1.69. The second-order valence-electron chi connectivity index (χ2n) is 6.59. The summed E-state index contributed by atoms with van der Waals surface area (Å²) in [6.45, 7) is 9.47. The standard InChI is InChI=1S/C18H30N2O/c1-13(2)10-15-6-8-16(9-7-15)12-20-17(11-14(3)4)18(21)19-5/h6-9,13-14,17,20H,10-12H2,1-5H3,(H,19,21). The molecule has 3 heteroatoms. The molecule has 0 aliphatic rings. The van der Waals surface area contributed by atoms with Crippen LogP contribution in [0.25, 0.3) is 0 Å². The van der Waals surface area contributed by atoms with Gasteiger partial charge in [0.2, 0.25) is 5.91 Å². The second kappa shape index (κ2) is 8.83. The molecule has 1 aromatic rings. The third-order valence-corrected chi connectivity index (χ3v) is 3.49. The zero-order valence-corrected chi connectivity index (χ0v) is 14.1. The van der Waals surface area contributed by atoms with Crippen LogP contribution in [0.4, 0.5) is 0 Å². The van der Waals surface area contributed by atoms with E-state index >= 15 is 0 Å². The molecule has 118 valence electrons. The minimum atomic E-state index is -0.120. The predicted octanol–water partition coefficient (Wildman–Crippen LogP) is 3.14. The number of amides is 1. The lowest BCUT2D eigenvalue weighted by atomic mass is 10.0. The van der Waals surface area contributed by atoms with Crippen LogP contribution in [0, 0.1) is 11.8 Å². The molecule has 0 fully saturated rings. The lowest BCUT2D eigenvalue weighted by molar-refractivity contribution is -0.123. The molecule has 1 aromatic carbocycles. The van der Waals surface area contributed by atoms with Crippen LogP contribution in [-0.4, -0.2) is 19.0 Å². The topological polar surface area (TPSA) is 41.1 Å². The van der Waals surface area contributed by atoms with Crippen molar-refractivity contribution in [3.63, 3.8) is 0 Å². The first-order valence-corrected chi connectivity index (χ1v) is 7.95. The minimum Gasteiger partial charge on any atom is -0.358 e. The summed E-state index contributed by atoms with van der Waals surface area (Å²) >= 11 is 0. The van der Waals surface area contributed by atoms with Gasteiger partial charge in [-0.15, -0.1) is 0 Å². The fraction of sp³-hybridized carbons (Fsp3) is 0.611. The summed E-state index contributed by atoms with van der Waals surface area (Å²) in [5.41, 5.74) is 2.60. The molecule has 0 heterocycles. The van der Waals surface area contributed by atoms with Gasteiger partial charge >= 0.3 is 0 Å². The highest BCUT2D eigenvalue weighted by Crippen LogP contribution is 2.11. The molecule has 0 spiro atoms. The van der Waals surface area contributed by atoms with Crippen molar-refractivity contribution in [3.8, 4) is 0 Å². The maximum atomic E-state index is 11.9. The summed E-state index contributed by atoms with van der Waals surface area (Å²) in [5, 5.41) is 6.10. The Bertz CT molecular complexity index is 423. The van der Waals surface area contributed by atoms with Crippen LogP contribution >= 0.6 is 0 Å². The van der Waals surface area contributed by atoms with E-state index in [-0.39, 0.29) is 11.9 Å². The molecule has 2 N–H and O–H groups in total. The molecule has 3 nitrogen and oxygen atoms in total. The highest BCUT2D eigenvalue weighted by Gasteiger charge is 2.17. The first-order chi connectivity index (χ1) is 9.92. The Kier molecular flexibility index (Phi) is 7.44. The van der Waals surface area contributed by atoms with Gasteiger partial charge in [0.1, 0.15) is 0 Å². The molecule has 1 unspecified atom stereocenters. The van der Waals surface area contributed by atoms with E-state index in [0.29, 0.717) is 11.8 Å². The summed E-state index contributed by atoms with van der Waals surface area (Å²) in [6, 6.07) is 8.57. The van der Waals surface area contributed by atoms with Crippen molar-refractivity contribution in [2.75, 3.05) is 7.05 Å². The van der Waals surface area contributed by atoms with E-state index in [1.165, 1.54) is 11.1 Å². The smallest absolute Gasteiger partial charge is 0.236 e. The number of benzene rings is 1. The lowest BCUT2D eigenvalue weighted by Gasteiger charge is -2.19. The van der Waals surface area contributed by atoms with Gasteiger partial charge in [0.15, 0.2) is 0 Å². The maximum Gasteiger partial charge on any atom is 0.236 e. The Balaban J connectivity index is 2.56. The first kappa shape index (κ1) is 17.7.